The third-order valence-corrected chi connectivity index (χ3v) is 9.37. The number of carbonyl (C=O) groups is 1. The number of methoxy groups -OCH3 is 1. The maximum Gasteiger partial charge on any atom is 0.474 e. The highest BCUT2D eigenvalue weighted by Gasteiger charge is 2.37. The van der Waals surface area contributed by atoms with Crippen LogP contribution in [0.5, 0.6) is 11.5 Å². The summed E-state index contributed by atoms with van der Waals surface area (Å²) in [5.41, 5.74) is -1.81. The predicted molar refractivity (Wildman–Crippen MR) is 165 cm³/mol. The van der Waals surface area contributed by atoms with Gasteiger partial charge in [0, 0.05) is 41.5 Å². The molecule has 46 heavy (non-hydrogen) atoms. The van der Waals surface area contributed by atoms with Crippen molar-refractivity contribution in [2.75, 3.05) is 41.3 Å². The molecule has 16 heteroatoms. The number of benzene rings is 3. The summed E-state index contributed by atoms with van der Waals surface area (Å²) in [5, 5.41) is 12.8. The van der Waals surface area contributed by atoms with Gasteiger partial charge in [-0.3, -0.25) is 18.4 Å². The van der Waals surface area contributed by atoms with Crippen molar-refractivity contribution in [2.45, 2.75) is 24.6 Å². The van der Waals surface area contributed by atoms with E-state index in [1.165, 1.54) is 36.6 Å². The summed E-state index contributed by atoms with van der Waals surface area (Å²) in [6, 6.07) is 14.4. The van der Waals surface area contributed by atoms with Gasteiger partial charge in [-0.25, -0.2) is 9.36 Å². The van der Waals surface area contributed by atoms with Gasteiger partial charge < -0.3 is 24.6 Å². The molecule has 0 radical (unpaired) electrons. The second-order valence-electron chi connectivity index (χ2n) is 10.1. The summed E-state index contributed by atoms with van der Waals surface area (Å²) in [7, 11) is -0.310. The van der Waals surface area contributed by atoms with E-state index in [1.54, 1.807) is 30.3 Å². The normalized spacial score (nSPS) is 13.5. The van der Waals surface area contributed by atoms with Crippen LogP contribution >= 0.6 is 19.2 Å². The number of nitrogens with one attached hydrogen (secondary N) is 1. The number of rotatable bonds is 15. The van der Waals surface area contributed by atoms with Gasteiger partial charge in [0.1, 0.15) is 18.3 Å². The van der Waals surface area contributed by atoms with Crippen molar-refractivity contribution in [1.82, 2.24) is 5.32 Å². The van der Waals surface area contributed by atoms with Crippen molar-refractivity contribution in [3.8, 4) is 11.5 Å². The number of alkyl halides is 3. The average Bonchev–Trinajstić information content (AvgIpc) is 3.02. The first kappa shape index (κ1) is 35.3. The molecule has 0 bridgehead atoms. The Hall–Kier alpha value is -3.56. The highest BCUT2D eigenvalue weighted by molar-refractivity contribution is 7.48. The quantitative estimate of drug-likeness (QED) is 0.0572. The van der Waals surface area contributed by atoms with E-state index in [0.717, 1.165) is 26.4 Å². The Bertz CT molecular complexity index is 1790. The number of hydrogen-bond acceptors (Lipinski definition) is 10. The van der Waals surface area contributed by atoms with E-state index in [-0.39, 0.29) is 43.2 Å². The summed E-state index contributed by atoms with van der Waals surface area (Å²) >= 11 is 1.30. The fraction of sp³-hybridized carbons (Fsp3) is 0.333. The monoisotopic (exact) mass is 685 g/mol. The van der Waals surface area contributed by atoms with E-state index in [4.69, 9.17) is 27.8 Å². The first-order valence-corrected chi connectivity index (χ1v) is 15.9. The number of phosphoric acid groups is 1. The van der Waals surface area contributed by atoms with Crippen molar-refractivity contribution in [3.05, 3.63) is 82.0 Å². The average molecular weight is 686 g/mol. The number of amides is 1. The Balaban J connectivity index is 1.61. The predicted octanol–water partition coefficient (Wildman–Crippen LogP) is 7.20. The number of phosphoric ester groups is 1. The van der Waals surface area contributed by atoms with Crippen LogP contribution in [0.3, 0.4) is 0 Å². The van der Waals surface area contributed by atoms with Gasteiger partial charge in [-0.2, -0.15) is 13.2 Å². The molecule has 2 N–H and O–H groups in total. The molecule has 0 aliphatic rings. The van der Waals surface area contributed by atoms with Gasteiger partial charge in [0.15, 0.2) is 5.43 Å². The van der Waals surface area contributed by atoms with Crippen molar-refractivity contribution in [1.29, 1.82) is 0 Å². The topological polar surface area (TPSA) is 139 Å². The Kier molecular flexibility index (Phi) is 11.4. The van der Waals surface area contributed by atoms with E-state index in [1.807, 2.05) is 0 Å². The largest absolute Gasteiger partial charge is 0.474 e. The molecule has 4 aromatic rings. The fourth-order valence-corrected chi connectivity index (χ4v) is 6.45. The van der Waals surface area contributed by atoms with Gasteiger partial charge in [0.2, 0.25) is 0 Å². The van der Waals surface area contributed by atoms with E-state index in [9.17, 15) is 32.4 Å². The lowest BCUT2D eigenvalue weighted by atomic mass is 9.92. The number of fused-ring (bicyclic) bond motifs is 2. The summed E-state index contributed by atoms with van der Waals surface area (Å²) in [5.74, 6) is 0.274. The number of aryl methyl sites for hydroxylation is 1. The first-order valence-electron chi connectivity index (χ1n) is 13.6. The van der Waals surface area contributed by atoms with Crippen molar-refractivity contribution in [3.63, 3.8) is 0 Å². The van der Waals surface area contributed by atoms with Gasteiger partial charge in [0.05, 0.1) is 24.3 Å². The first-order chi connectivity index (χ1) is 21.8. The molecule has 0 aliphatic heterocycles. The molecule has 1 unspecified atom stereocenters. The molecule has 0 saturated carbocycles. The zero-order valence-electron chi connectivity index (χ0n) is 24.9. The highest BCUT2D eigenvalue weighted by atomic mass is 32.1. The minimum absolute atomic E-state index is 0.00527. The second kappa shape index (κ2) is 14.9. The lowest BCUT2D eigenvalue weighted by molar-refractivity contribution is -0.137. The van der Waals surface area contributed by atoms with Crippen LogP contribution in [0.1, 0.15) is 17.5 Å². The van der Waals surface area contributed by atoms with E-state index < -0.39 is 37.8 Å². The Morgan fingerprint density at radius 3 is 2.35 bits per heavy atom. The fourth-order valence-electron chi connectivity index (χ4n) is 4.61. The third kappa shape index (κ3) is 8.82. The molecular weight excluding hydrogens is 654 g/mol. The van der Waals surface area contributed by atoms with Gasteiger partial charge in [0.25, 0.3) is 0 Å². The lowest BCUT2D eigenvalue weighted by Crippen LogP contribution is -2.55. The Morgan fingerprint density at radius 1 is 0.935 bits per heavy atom. The molecule has 1 heterocycles. The van der Waals surface area contributed by atoms with Crippen molar-refractivity contribution >= 4 is 45.4 Å². The maximum atomic E-state index is 13.5. The van der Waals surface area contributed by atoms with Crippen LogP contribution in [0.25, 0.3) is 20.2 Å². The number of ether oxygens (including phenoxy) is 3. The van der Waals surface area contributed by atoms with Gasteiger partial charge in [-0.15, -0.1) is 11.3 Å². The minimum atomic E-state index is -4.52. The second-order valence-corrected chi connectivity index (χ2v) is 13.1. The summed E-state index contributed by atoms with van der Waals surface area (Å²) in [4.78, 5) is 25.3. The Labute approximate surface area is 265 Å². The third-order valence-electron chi connectivity index (χ3n) is 6.89. The van der Waals surface area contributed by atoms with E-state index in [2.05, 4.69) is 5.32 Å². The van der Waals surface area contributed by atoms with Crippen molar-refractivity contribution < 1.29 is 55.4 Å². The molecule has 1 amide bonds. The van der Waals surface area contributed by atoms with Crippen LogP contribution in [0.15, 0.2) is 65.5 Å². The number of hydrogen-bond donors (Lipinski definition) is 2. The summed E-state index contributed by atoms with van der Waals surface area (Å²) in [6.07, 6.45) is -5.53. The number of halogens is 3. The molecule has 248 valence electrons. The molecule has 1 atom stereocenters. The molecule has 1 aromatic heterocycles. The van der Waals surface area contributed by atoms with Crippen LogP contribution in [-0.4, -0.2) is 58.1 Å². The molecular formula is C30H31F3NO10PS. The molecule has 0 spiro atoms. The van der Waals surface area contributed by atoms with Gasteiger partial charge in [-0.1, -0.05) is 12.1 Å². The summed E-state index contributed by atoms with van der Waals surface area (Å²) in [6.45, 7) is -0.787. The molecule has 11 nitrogen and oxygen atoms in total. The van der Waals surface area contributed by atoms with Crippen LogP contribution in [0.2, 0.25) is 0 Å². The minimum Gasteiger partial charge on any atom is -0.465 e. The Morgan fingerprint density at radius 2 is 1.67 bits per heavy atom. The standard InChI is InChI=1S/C30H31F3NO10PS/c1-39-18-42-16-29(34-28(36)37,17-43-45(38,40-2)41-3)12-11-19-7-10-25-24(13-19)27(35)23-9-8-22(15-26(23)46-25)44-21-6-4-5-20(14-21)30(31,32)33/h4-10,13-15,34H,11-12,16-18H2,1-3H3,(H,36,37). The van der Waals surface area contributed by atoms with E-state index in [0.29, 0.717) is 25.7 Å². The van der Waals surface area contributed by atoms with Crippen molar-refractivity contribution in [2.24, 2.45) is 0 Å². The maximum absolute atomic E-state index is 13.5. The molecule has 4 rings (SSSR count). The highest BCUT2D eigenvalue weighted by Crippen LogP contribution is 2.48. The van der Waals surface area contributed by atoms with Crippen LogP contribution in [-0.2, 0) is 40.2 Å². The smallest absolute Gasteiger partial charge is 0.465 e. The van der Waals surface area contributed by atoms with Crippen LogP contribution < -0.4 is 15.5 Å². The van der Waals surface area contributed by atoms with Crippen LogP contribution in [0.4, 0.5) is 18.0 Å². The number of carboxylic acid groups (broad SMARTS) is 1. The molecule has 0 aliphatic carbocycles. The summed E-state index contributed by atoms with van der Waals surface area (Å²) < 4.78 is 84.2. The zero-order valence-corrected chi connectivity index (χ0v) is 26.6. The van der Waals surface area contributed by atoms with Gasteiger partial charge >= 0.3 is 20.1 Å². The zero-order chi connectivity index (χ0) is 33.5. The lowest BCUT2D eigenvalue weighted by Gasteiger charge is -2.34. The van der Waals surface area contributed by atoms with Crippen LogP contribution in [0, 0.1) is 0 Å². The molecule has 0 fully saturated rings. The van der Waals surface area contributed by atoms with Gasteiger partial charge in [-0.05, 0) is 66.9 Å². The molecule has 3 aromatic carbocycles. The molecule has 0 saturated heterocycles. The van der Waals surface area contributed by atoms with E-state index >= 15 is 0 Å². The SMILES string of the molecule is COCOCC(CCc1ccc2sc3cc(Oc4cccc(C(F)(F)F)c4)ccc3c(=O)c2c1)(COP(=O)(OC)OC)NC(=O)O.